The molecule has 1 atom stereocenters. The van der Waals surface area contributed by atoms with E-state index in [4.69, 9.17) is 0 Å². The van der Waals surface area contributed by atoms with Crippen LogP contribution in [0.5, 0.6) is 0 Å². The van der Waals surface area contributed by atoms with Crippen molar-refractivity contribution in [1.29, 1.82) is 0 Å². The average molecular weight is 280 g/mol. The maximum Gasteiger partial charge on any atom is 0.257 e. The first kappa shape index (κ1) is 13.3. The number of benzene rings is 1. The van der Waals surface area contributed by atoms with Crippen molar-refractivity contribution in [1.82, 2.24) is 19.9 Å². The van der Waals surface area contributed by atoms with Crippen LogP contribution in [0.3, 0.4) is 0 Å². The summed E-state index contributed by atoms with van der Waals surface area (Å²) in [4.78, 5) is 16.7. The monoisotopic (exact) mass is 280 g/mol. The lowest BCUT2D eigenvalue weighted by Crippen LogP contribution is -2.28. The number of nitrogens with one attached hydrogen (secondary N) is 1. The van der Waals surface area contributed by atoms with Gasteiger partial charge in [-0.1, -0.05) is 37.3 Å². The molecule has 2 aromatic heterocycles. The first-order valence-corrected chi connectivity index (χ1v) is 6.93. The fraction of sp³-hybridized carbons (Fsp3) is 0.188. The number of rotatable bonds is 4. The lowest BCUT2D eigenvalue weighted by molar-refractivity contribution is 0.0937. The van der Waals surface area contributed by atoms with E-state index in [1.807, 2.05) is 37.3 Å². The smallest absolute Gasteiger partial charge is 0.257 e. The second-order valence-electron chi connectivity index (χ2n) is 4.79. The molecule has 5 heteroatoms. The van der Waals surface area contributed by atoms with E-state index in [1.54, 1.807) is 29.2 Å². The standard InChI is InChI=1S/C16H16N4O/c1-2-14(12-7-4-3-5-8-12)19-16(21)13-11-18-20-10-6-9-17-15(13)20/h3-11,14H,2H2,1H3,(H,19,21). The summed E-state index contributed by atoms with van der Waals surface area (Å²) in [6.45, 7) is 2.05. The summed E-state index contributed by atoms with van der Waals surface area (Å²) in [6.07, 6.45) is 5.80. The van der Waals surface area contributed by atoms with Gasteiger partial charge in [-0.25, -0.2) is 9.50 Å². The predicted molar refractivity (Wildman–Crippen MR) is 79.9 cm³/mol. The fourth-order valence-corrected chi connectivity index (χ4v) is 2.33. The van der Waals surface area contributed by atoms with Crippen molar-refractivity contribution in [3.63, 3.8) is 0 Å². The normalized spacial score (nSPS) is 12.2. The maximum absolute atomic E-state index is 12.5. The third-order valence-electron chi connectivity index (χ3n) is 3.44. The number of hydrogen-bond acceptors (Lipinski definition) is 3. The average Bonchev–Trinajstić information content (AvgIpc) is 2.97. The van der Waals surface area contributed by atoms with Crippen molar-refractivity contribution in [3.05, 3.63) is 66.1 Å². The Morgan fingerprint density at radius 2 is 2.10 bits per heavy atom. The van der Waals surface area contributed by atoms with E-state index in [1.165, 1.54) is 0 Å². The van der Waals surface area contributed by atoms with Gasteiger partial charge in [-0.05, 0) is 18.1 Å². The predicted octanol–water partition coefficient (Wildman–Crippen LogP) is 2.61. The number of amides is 1. The molecule has 5 nitrogen and oxygen atoms in total. The van der Waals surface area contributed by atoms with Gasteiger partial charge in [-0.15, -0.1) is 0 Å². The van der Waals surface area contributed by atoms with Crippen LogP contribution in [0.1, 0.15) is 35.3 Å². The van der Waals surface area contributed by atoms with Crippen molar-refractivity contribution < 1.29 is 4.79 Å². The van der Waals surface area contributed by atoms with Crippen LogP contribution < -0.4 is 5.32 Å². The minimum absolute atomic E-state index is 0.0163. The lowest BCUT2D eigenvalue weighted by atomic mass is 10.0. The molecule has 0 fully saturated rings. The highest BCUT2D eigenvalue weighted by molar-refractivity contribution is 5.99. The van der Waals surface area contributed by atoms with Crippen molar-refractivity contribution >= 4 is 11.6 Å². The molecule has 2 heterocycles. The van der Waals surface area contributed by atoms with Gasteiger partial charge >= 0.3 is 0 Å². The quantitative estimate of drug-likeness (QED) is 0.799. The van der Waals surface area contributed by atoms with Crippen LogP contribution in [0, 0.1) is 0 Å². The van der Waals surface area contributed by atoms with E-state index in [0.717, 1.165) is 12.0 Å². The summed E-state index contributed by atoms with van der Waals surface area (Å²) in [5.74, 6) is -0.153. The van der Waals surface area contributed by atoms with Gasteiger partial charge < -0.3 is 5.32 Å². The Labute approximate surface area is 122 Å². The number of fused-ring (bicyclic) bond motifs is 1. The Morgan fingerprint density at radius 1 is 1.29 bits per heavy atom. The van der Waals surface area contributed by atoms with Crippen molar-refractivity contribution in [2.75, 3.05) is 0 Å². The van der Waals surface area contributed by atoms with Gasteiger partial charge in [0.25, 0.3) is 5.91 Å². The molecule has 0 aliphatic carbocycles. The van der Waals surface area contributed by atoms with E-state index in [2.05, 4.69) is 15.4 Å². The number of hydrogen-bond donors (Lipinski definition) is 1. The van der Waals surface area contributed by atoms with Crippen molar-refractivity contribution in [3.8, 4) is 0 Å². The summed E-state index contributed by atoms with van der Waals surface area (Å²) < 4.78 is 1.60. The molecule has 3 aromatic rings. The molecule has 21 heavy (non-hydrogen) atoms. The Morgan fingerprint density at radius 3 is 2.86 bits per heavy atom. The van der Waals surface area contributed by atoms with Gasteiger partial charge in [-0.3, -0.25) is 4.79 Å². The van der Waals surface area contributed by atoms with Crippen LogP contribution in [0.15, 0.2) is 55.0 Å². The Hall–Kier alpha value is -2.69. The summed E-state index contributed by atoms with van der Waals surface area (Å²) in [7, 11) is 0. The van der Waals surface area contributed by atoms with Gasteiger partial charge in [-0.2, -0.15) is 5.10 Å². The number of nitrogens with zero attached hydrogens (tertiary/aromatic N) is 3. The first-order valence-electron chi connectivity index (χ1n) is 6.93. The zero-order valence-corrected chi connectivity index (χ0v) is 11.7. The molecule has 0 radical (unpaired) electrons. The van der Waals surface area contributed by atoms with Crippen LogP contribution in [-0.2, 0) is 0 Å². The molecule has 0 saturated carbocycles. The van der Waals surface area contributed by atoms with E-state index < -0.39 is 0 Å². The van der Waals surface area contributed by atoms with Gasteiger partial charge in [0.05, 0.1) is 12.2 Å². The molecular formula is C16H16N4O. The van der Waals surface area contributed by atoms with Crippen LogP contribution >= 0.6 is 0 Å². The zero-order valence-electron chi connectivity index (χ0n) is 11.7. The largest absolute Gasteiger partial charge is 0.345 e. The topological polar surface area (TPSA) is 59.3 Å². The molecule has 1 unspecified atom stereocenters. The lowest BCUT2D eigenvalue weighted by Gasteiger charge is -2.16. The summed E-state index contributed by atoms with van der Waals surface area (Å²) in [5, 5.41) is 7.18. The third-order valence-corrected chi connectivity index (χ3v) is 3.44. The van der Waals surface area contributed by atoms with Gasteiger partial charge in [0.2, 0.25) is 0 Å². The van der Waals surface area contributed by atoms with Crippen LogP contribution in [0.25, 0.3) is 5.65 Å². The van der Waals surface area contributed by atoms with E-state index >= 15 is 0 Å². The summed E-state index contributed by atoms with van der Waals surface area (Å²) in [6, 6.07) is 11.7. The molecule has 1 amide bonds. The van der Waals surface area contributed by atoms with Crippen LogP contribution in [0.2, 0.25) is 0 Å². The number of carbonyl (C=O) groups is 1. The van der Waals surface area contributed by atoms with Crippen LogP contribution in [-0.4, -0.2) is 20.5 Å². The minimum Gasteiger partial charge on any atom is -0.345 e. The molecule has 0 aliphatic rings. The number of carbonyl (C=O) groups excluding carboxylic acids is 1. The Kier molecular flexibility index (Phi) is 3.64. The SMILES string of the molecule is CCC(NC(=O)c1cnn2cccnc12)c1ccccc1. The molecule has 0 bridgehead atoms. The van der Waals surface area contributed by atoms with E-state index in [-0.39, 0.29) is 11.9 Å². The highest BCUT2D eigenvalue weighted by atomic mass is 16.1. The van der Waals surface area contributed by atoms with Gasteiger partial charge in [0, 0.05) is 12.4 Å². The Balaban J connectivity index is 1.85. The van der Waals surface area contributed by atoms with Crippen molar-refractivity contribution in [2.24, 2.45) is 0 Å². The van der Waals surface area contributed by atoms with Gasteiger partial charge in [0.15, 0.2) is 5.65 Å². The van der Waals surface area contributed by atoms with Gasteiger partial charge in [0.1, 0.15) is 5.56 Å². The molecule has 0 aliphatic heterocycles. The highest BCUT2D eigenvalue weighted by Crippen LogP contribution is 2.17. The molecule has 3 rings (SSSR count). The van der Waals surface area contributed by atoms with E-state index in [9.17, 15) is 4.79 Å². The number of aromatic nitrogens is 3. The summed E-state index contributed by atoms with van der Waals surface area (Å²) >= 11 is 0. The minimum atomic E-state index is -0.153. The molecule has 1 N–H and O–H groups in total. The molecule has 106 valence electrons. The van der Waals surface area contributed by atoms with Crippen LogP contribution in [0.4, 0.5) is 0 Å². The highest BCUT2D eigenvalue weighted by Gasteiger charge is 2.17. The molecular weight excluding hydrogens is 264 g/mol. The maximum atomic E-state index is 12.5. The molecule has 0 spiro atoms. The second-order valence-corrected chi connectivity index (χ2v) is 4.79. The summed E-state index contributed by atoms with van der Waals surface area (Å²) in [5.41, 5.74) is 2.15. The van der Waals surface area contributed by atoms with E-state index in [0.29, 0.717) is 11.2 Å². The fourth-order valence-electron chi connectivity index (χ4n) is 2.33. The molecule has 0 saturated heterocycles. The third kappa shape index (κ3) is 2.63. The second kappa shape index (κ2) is 5.75. The molecule has 1 aromatic carbocycles. The zero-order chi connectivity index (χ0) is 14.7. The van der Waals surface area contributed by atoms with Crippen molar-refractivity contribution in [2.45, 2.75) is 19.4 Å². The first-order chi connectivity index (χ1) is 10.3. The Bertz CT molecular complexity index is 751.